The number of imidazole rings is 1. The van der Waals surface area contributed by atoms with E-state index in [9.17, 15) is 24.9 Å². The van der Waals surface area contributed by atoms with Gasteiger partial charge in [-0.15, -0.1) is 0 Å². The number of rotatable bonds is 6. The number of carbonyl (C=O) groups is 2. The molecule has 9 heteroatoms. The highest BCUT2D eigenvalue weighted by Crippen LogP contribution is 2.40. The fourth-order valence-corrected chi connectivity index (χ4v) is 5.92. The van der Waals surface area contributed by atoms with E-state index in [-0.39, 0.29) is 43.9 Å². The topological polar surface area (TPSA) is 119 Å². The second kappa shape index (κ2) is 11.0. The van der Waals surface area contributed by atoms with Gasteiger partial charge in [0.25, 0.3) is 5.91 Å². The quantitative estimate of drug-likeness (QED) is 0.460. The molecule has 0 bridgehead atoms. The fraction of sp³-hybridized carbons (Fsp3) is 0.414. The van der Waals surface area contributed by atoms with E-state index in [1.807, 2.05) is 65.2 Å². The summed E-state index contributed by atoms with van der Waals surface area (Å²) in [7, 11) is 0. The Balaban J connectivity index is 1.54. The molecule has 2 aliphatic rings. The van der Waals surface area contributed by atoms with E-state index in [0.29, 0.717) is 25.0 Å². The molecule has 5 rings (SSSR count). The summed E-state index contributed by atoms with van der Waals surface area (Å²) in [5.74, 6) is -0.267. The molecular formula is C29H34N4O5. The molecule has 3 N–H and O–H groups in total. The number of benzene rings is 2. The Labute approximate surface area is 222 Å². The number of hydrogen-bond donors (Lipinski definition) is 3. The van der Waals surface area contributed by atoms with E-state index in [0.717, 1.165) is 24.0 Å². The molecule has 200 valence electrons. The molecule has 3 aromatic rings. The fourth-order valence-electron chi connectivity index (χ4n) is 5.92. The minimum atomic E-state index is -1.30. The highest BCUT2D eigenvalue weighted by Gasteiger charge is 2.42. The van der Waals surface area contributed by atoms with Gasteiger partial charge >= 0.3 is 6.09 Å². The van der Waals surface area contributed by atoms with Crippen LogP contribution in [0.25, 0.3) is 11.3 Å². The van der Waals surface area contributed by atoms with Crippen molar-refractivity contribution in [2.75, 3.05) is 26.2 Å². The van der Waals surface area contributed by atoms with Crippen molar-refractivity contribution in [3.05, 3.63) is 78.2 Å². The normalized spacial score (nSPS) is 23.8. The predicted octanol–water partition coefficient (Wildman–Crippen LogP) is 3.44. The maximum Gasteiger partial charge on any atom is 0.407 e. The van der Waals surface area contributed by atoms with Gasteiger partial charge in [-0.1, -0.05) is 73.5 Å². The van der Waals surface area contributed by atoms with Crippen LogP contribution in [0.5, 0.6) is 0 Å². The first-order valence-corrected chi connectivity index (χ1v) is 13.2. The number of aliphatic hydroxyl groups excluding tert-OH is 1. The third-order valence-electron chi connectivity index (χ3n) is 7.94. The zero-order valence-corrected chi connectivity index (χ0v) is 21.3. The van der Waals surface area contributed by atoms with Crippen molar-refractivity contribution in [2.24, 2.45) is 0 Å². The number of carbonyl (C=O) groups excluding carboxylic acids is 1. The average molecular weight is 519 g/mol. The molecule has 0 spiro atoms. The predicted molar refractivity (Wildman–Crippen MR) is 142 cm³/mol. The zero-order valence-electron chi connectivity index (χ0n) is 21.3. The van der Waals surface area contributed by atoms with Gasteiger partial charge in [0.1, 0.15) is 5.60 Å². The van der Waals surface area contributed by atoms with E-state index >= 15 is 0 Å². The Morgan fingerprint density at radius 2 is 1.71 bits per heavy atom. The van der Waals surface area contributed by atoms with Crippen LogP contribution in [-0.2, 0) is 6.42 Å². The Hall–Kier alpha value is -3.69. The van der Waals surface area contributed by atoms with Crippen molar-refractivity contribution < 1.29 is 24.9 Å². The van der Waals surface area contributed by atoms with Gasteiger partial charge in [0.2, 0.25) is 0 Å². The van der Waals surface area contributed by atoms with Crippen LogP contribution >= 0.6 is 0 Å². The third kappa shape index (κ3) is 5.04. The molecule has 1 aliphatic carbocycles. The Kier molecular flexibility index (Phi) is 7.49. The molecule has 2 amide bonds. The first kappa shape index (κ1) is 25.9. The number of aliphatic hydroxyl groups is 2. The van der Waals surface area contributed by atoms with Crippen LogP contribution in [0.2, 0.25) is 0 Å². The first-order chi connectivity index (χ1) is 18.4. The van der Waals surface area contributed by atoms with Crippen LogP contribution in [0.3, 0.4) is 0 Å². The summed E-state index contributed by atoms with van der Waals surface area (Å²) < 4.78 is 1.86. The largest absolute Gasteiger partial charge is 0.465 e. The van der Waals surface area contributed by atoms with Crippen LogP contribution in [0.15, 0.2) is 67.0 Å². The van der Waals surface area contributed by atoms with Gasteiger partial charge in [0.05, 0.1) is 30.7 Å². The van der Waals surface area contributed by atoms with Gasteiger partial charge < -0.3 is 29.7 Å². The number of hydrogen-bond acceptors (Lipinski definition) is 5. The second-order valence-electron chi connectivity index (χ2n) is 10.3. The van der Waals surface area contributed by atoms with Crippen LogP contribution in [0.4, 0.5) is 4.79 Å². The lowest BCUT2D eigenvalue weighted by Crippen LogP contribution is -2.57. The van der Waals surface area contributed by atoms with Gasteiger partial charge in [-0.2, -0.15) is 0 Å². The third-order valence-corrected chi connectivity index (χ3v) is 7.94. The van der Waals surface area contributed by atoms with Crippen molar-refractivity contribution in [1.82, 2.24) is 19.4 Å². The van der Waals surface area contributed by atoms with Crippen LogP contribution < -0.4 is 0 Å². The van der Waals surface area contributed by atoms with E-state index in [4.69, 9.17) is 0 Å². The molecule has 2 fully saturated rings. The zero-order chi connectivity index (χ0) is 26.7. The van der Waals surface area contributed by atoms with E-state index in [1.165, 1.54) is 4.90 Å². The molecule has 38 heavy (non-hydrogen) atoms. The molecule has 1 aromatic heterocycles. The van der Waals surface area contributed by atoms with Gasteiger partial charge in [0.15, 0.2) is 5.69 Å². The first-order valence-electron chi connectivity index (χ1n) is 13.2. The second-order valence-corrected chi connectivity index (χ2v) is 10.3. The highest BCUT2D eigenvalue weighted by molar-refractivity contribution is 5.98. The summed E-state index contributed by atoms with van der Waals surface area (Å²) >= 11 is 0. The minimum absolute atomic E-state index is 0.213. The van der Waals surface area contributed by atoms with Gasteiger partial charge in [-0.25, -0.2) is 9.78 Å². The number of carboxylic acid groups (broad SMARTS) is 1. The lowest BCUT2D eigenvalue weighted by Gasteiger charge is -2.41. The number of aromatic nitrogens is 2. The van der Waals surface area contributed by atoms with Crippen molar-refractivity contribution in [3.63, 3.8) is 0 Å². The van der Waals surface area contributed by atoms with E-state index < -0.39 is 17.7 Å². The van der Waals surface area contributed by atoms with Crippen LogP contribution in [0, 0.1) is 0 Å². The summed E-state index contributed by atoms with van der Waals surface area (Å²) in [5, 5.41) is 31.0. The molecular weight excluding hydrogens is 484 g/mol. The summed E-state index contributed by atoms with van der Waals surface area (Å²) in [6.45, 7) is 0.322. The SMILES string of the molecule is O=C(O)N1CCN(C(=O)c2ncn(C3CCCCC3(O)CO)c2-c2ccccc2)[C@H](Cc2ccccc2)C1. The Morgan fingerprint density at radius 3 is 2.39 bits per heavy atom. The summed E-state index contributed by atoms with van der Waals surface area (Å²) in [6.07, 6.45) is 3.98. The highest BCUT2D eigenvalue weighted by atomic mass is 16.4. The Bertz CT molecular complexity index is 1260. The number of amides is 2. The molecule has 3 atom stereocenters. The lowest BCUT2D eigenvalue weighted by atomic mass is 9.80. The molecule has 1 saturated heterocycles. The number of nitrogens with zero attached hydrogens (tertiary/aromatic N) is 4. The van der Waals surface area contributed by atoms with Gasteiger partial charge in [-0.3, -0.25) is 4.79 Å². The summed E-state index contributed by atoms with van der Waals surface area (Å²) in [4.78, 5) is 33.6. The molecule has 2 heterocycles. The molecule has 2 unspecified atom stereocenters. The maximum absolute atomic E-state index is 14.2. The molecule has 1 aliphatic heterocycles. The molecule has 9 nitrogen and oxygen atoms in total. The van der Waals surface area contributed by atoms with E-state index in [1.54, 1.807) is 11.2 Å². The molecule has 1 saturated carbocycles. The molecule has 0 radical (unpaired) electrons. The monoisotopic (exact) mass is 518 g/mol. The molecule has 2 aromatic carbocycles. The van der Waals surface area contributed by atoms with Crippen LogP contribution in [-0.4, -0.2) is 84.6 Å². The smallest absolute Gasteiger partial charge is 0.407 e. The average Bonchev–Trinajstić information content (AvgIpc) is 3.38. The maximum atomic E-state index is 14.2. The number of piperazine rings is 1. The van der Waals surface area contributed by atoms with Crippen molar-refractivity contribution >= 4 is 12.0 Å². The summed E-state index contributed by atoms with van der Waals surface area (Å²) in [5.41, 5.74) is 1.39. The minimum Gasteiger partial charge on any atom is -0.465 e. The van der Waals surface area contributed by atoms with Crippen molar-refractivity contribution in [1.29, 1.82) is 0 Å². The van der Waals surface area contributed by atoms with Crippen molar-refractivity contribution in [3.8, 4) is 11.3 Å². The Morgan fingerprint density at radius 1 is 1.00 bits per heavy atom. The van der Waals surface area contributed by atoms with Crippen molar-refractivity contribution in [2.45, 2.75) is 49.8 Å². The lowest BCUT2D eigenvalue weighted by molar-refractivity contribution is -0.0787. The standard InChI is InChI=1S/C29H34N4O5/c34-19-29(38)14-8-7-13-24(29)33-20-30-25(26(33)22-11-5-2-6-12-22)27(35)32-16-15-31(28(36)37)18-23(32)17-21-9-3-1-4-10-21/h1-6,9-12,20,23-24,34,38H,7-8,13-19H2,(H,36,37)/t23-,24?,29?/m1/s1. The van der Waals surface area contributed by atoms with E-state index in [2.05, 4.69) is 4.98 Å². The van der Waals surface area contributed by atoms with Gasteiger partial charge in [-0.05, 0) is 24.8 Å². The van der Waals surface area contributed by atoms with Gasteiger partial charge in [0, 0.05) is 25.2 Å². The summed E-state index contributed by atoms with van der Waals surface area (Å²) in [6, 6.07) is 18.5. The van der Waals surface area contributed by atoms with Crippen LogP contribution in [0.1, 0.15) is 47.8 Å².